The Morgan fingerprint density at radius 3 is 2.20 bits per heavy atom. The fourth-order valence-corrected chi connectivity index (χ4v) is 4.02. The van der Waals surface area contributed by atoms with Crippen molar-refractivity contribution < 1.29 is 4.74 Å². The van der Waals surface area contributed by atoms with Crippen molar-refractivity contribution in [2.45, 2.75) is 44.8 Å². The molecule has 3 aliphatic heterocycles. The predicted molar refractivity (Wildman–Crippen MR) is 82.0 cm³/mol. The summed E-state index contributed by atoms with van der Waals surface area (Å²) >= 11 is 0. The summed E-state index contributed by atoms with van der Waals surface area (Å²) in [7, 11) is 2.25. The lowest BCUT2D eigenvalue weighted by molar-refractivity contribution is -0.109. The summed E-state index contributed by atoms with van der Waals surface area (Å²) in [5.74, 6) is 0.903. The molecule has 3 fully saturated rings. The molecule has 0 radical (unpaired) electrons. The Bertz CT molecular complexity index is 301. The summed E-state index contributed by atoms with van der Waals surface area (Å²) < 4.78 is 5.82. The van der Waals surface area contributed by atoms with E-state index < -0.39 is 0 Å². The second-order valence-electron chi connectivity index (χ2n) is 7.34. The molecule has 0 N–H and O–H groups in total. The highest BCUT2D eigenvalue weighted by Crippen LogP contribution is 2.26. The fourth-order valence-electron chi connectivity index (χ4n) is 4.02. The standard InChI is InChI=1S/C16H31N3O/c1-13(2)18-9-15-11-20-12-16(10-18)19(15)8-14-4-6-17(3)7-5-14/h13-16H,4-12H2,1-3H3. The molecule has 0 amide bonds. The normalized spacial score (nSPS) is 34.8. The molecule has 3 saturated heterocycles. The molecular formula is C16H31N3O. The number of rotatable bonds is 3. The van der Waals surface area contributed by atoms with Gasteiger partial charge in [0.1, 0.15) is 0 Å². The third-order valence-corrected chi connectivity index (χ3v) is 5.49. The van der Waals surface area contributed by atoms with Gasteiger partial charge in [-0.05, 0) is 52.7 Å². The Morgan fingerprint density at radius 1 is 1.05 bits per heavy atom. The lowest BCUT2D eigenvalue weighted by atomic mass is 9.93. The third-order valence-electron chi connectivity index (χ3n) is 5.49. The summed E-state index contributed by atoms with van der Waals surface area (Å²) in [6.07, 6.45) is 2.75. The average molecular weight is 281 g/mol. The number of piperazine rings is 1. The molecule has 0 aromatic carbocycles. The Hall–Kier alpha value is -0.160. The number of likely N-dealkylation sites (tertiary alicyclic amines) is 1. The summed E-state index contributed by atoms with van der Waals surface area (Å²) in [6, 6.07) is 1.93. The zero-order valence-electron chi connectivity index (χ0n) is 13.4. The molecule has 0 saturated carbocycles. The minimum absolute atomic E-state index is 0.629. The van der Waals surface area contributed by atoms with Gasteiger partial charge in [-0.15, -0.1) is 0 Å². The van der Waals surface area contributed by atoms with Crippen LogP contribution in [0, 0.1) is 5.92 Å². The number of morpholine rings is 1. The minimum atomic E-state index is 0.629. The molecule has 116 valence electrons. The molecule has 2 atom stereocenters. The zero-order valence-corrected chi connectivity index (χ0v) is 13.4. The van der Waals surface area contributed by atoms with Crippen LogP contribution in [0.2, 0.25) is 0 Å². The van der Waals surface area contributed by atoms with E-state index in [4.69, 9.17) is 4.74 Å². The zero-order chi connectivity index (χ0) is 14.1. The molecule has 2 unspecified atom stereocenters. The van der Waals surface area contributed by atoms with Gasteiger partial charge in [-0.2, -0.15) is 0 Å². The number of fused-ring (bicyclic) bond motifs is 2. The molecule has 3 heterocycles. The van der Waals surface area contributed by atoms with Gasteiger partial charge in [-0.1, -0.05) is 0 Å². The molecule has 0 aromatic rings. The van der Waals surface area contributed by atoms with Crippen LogP contribution in [0.5, 0.6) is 0 Å². The number of piperidine rings is 1. The maximum Gasteiger partial charge on any atom is 0.0635 e. The first kappa shape index (κ1) is 14.8. The van der Waals surface area contributed by atoms with Crippen molar-refractivity contribution in [2.24, 2.45) is 5.92 Å². The van der Waals surface area contributed by atoms with E-state index in [9.17, 15) is 0 Å². The average Bonchev–Trinajstić information content (AvgIpc) is 2.40. The van der Waals surface area contributed by atoms with Crippen molar-refractivity contribution in [3.8, 4) is 0 Å². The summed E-state index contributed by atoms with van der Waals surface area (Å²) in [6.45, 7) is 12.8. The highest BCUT2D eigenvalue weighted by Gasteiger charge is 2.39. The highest BCUT2D eigenvalue weighted by atomic mass is 16.5. The maximum atomic E-state index is 5.82. The number of nitrogens with zero attached hydrogens (tertiary/aromatic N) is 3. The Morgan fingerprint density at radius 2 is 1.65 bits per heavy atom. The van der Waals surface area contributed by atoms with Gasteiger partial charge in [0, 0.05) is 37.8 Å². The molecule has 2 bridgehead atoms. The van der Waals surface area contributed by atoms with Crippen molar-refractivity contribution in [1.82, 2.24) is 14.7 Å². The second-order valence-corrected chi connectivity index (χ2v) is 7.34. The van der Waals surface area contributed by atoms with Gasteiger partial charge in [0.15, 0.2) is 0 Å². The number of hydrogen-bond donors (Lipinski definition) is 0. The maximum absolute atomic E-state index is 5.82. The lowest BCUT2D eigenvalue weighted by Crippen LogP contribution is -2.66. The first-order valence-corrected chi connectivity index (χ1v) is 8.39. The predicted octanol–water partition coefficient (Wildman–Crippen LogP) is 1.12. The van der Waals surface area contributed by atoms with Gasteiger partial charge in [0.25, 0.3) is 0 Å². The summed E-state index contributed by atoms with van der Waals surface area (Å²) in [5.41, 5.74) is 0. The Balaban J connectivity index is 1.59. The summed E-state index contributed by atoms with van der Waals surface area (Å²) in [4.78, 5) is 7.90. The molecule has 4 nitrogen and oxygen atoms in total. The first-order chi connectivity index (χ1) is 9.63. The van der Waals surface area contributed by atoms with Crippen LogP contribution in [0.3, 0.4) is 0 Å². The van der Waals surface area contributed by atoms with E-state index in [-0.39, 0.29) is 0 Å². The molecule has 0 aliphatic carbocycles. The van der Waals surface area contributed by atoms with E-state index in [0.29, 0.717) is 18.1 Å². The van der Waals surface area contributed by atoms with E-state index in [1.54, 1.807) is 0 Å². The molecule has 0 aromatic heterocycles. The van der Waals surface area contributed by atoms with Crippen LogP contribution < -0.4 is 0 Å². The van der Waals surface area contributed by atoms with Crippen LogP contribution in [0.4, 0.5) is 0 Å². The van der Waals surface area contributed by atoms with E-state index >= 15 is 0 Å². The van der Waals surface area contributed by atoms with Crippen molar-refractivity contribution in [1.29, 1.82) is 0 Å². The van der Waals surface area contributed by atoms with Crippen LogP contribution >= 0.6 is 0 Å². The SMILES string of the molecule is CC(C)N1CC2COCC(C1)N2CC1CCN(C)CC1. The largest absolute Gasteiger partial charge is 0.378 e. The van der Waals surface area contributed by atoms with Gasteiger partial charge in [0.2, 0.25) is 0 Å². The van der Waals surface area contributed by atoms with Gasteiger partial charge < -0.3 is 9.64 Å². The van der Waals surface area contributed by atoms with Gasteiger partial charge in [0.05, 0.1) is 13.2 Å². The molecular weight excluding hydrogens is 250 g/mol. The topological polar surface area (TPSA) is 19.0 Å². The number of ether oxygens (including phenoxy) is 1. The van der Waals surface area contributed by atoms with Crippen molar-refractivity contribution >= 4 is 0 Å². The Labute approximate surface area is 124 Å². The molecule has 3 rings (SSSR count). The Kier molecular flexibility index (Phi) is 4.65. The van der Waals surface area contributed by atoms with Crippen molar-refractivity contribution in [3.05, 3.63) is 0 Å². The first-order valence-electron chi connectivity index (χ1n) is 8.39. The fraction of sp³-hybridized carbons (Fsp3) is 1.00. The van der Waals surface area contributed by atoms with E-state index in [1.807, 2.05) is 0 Å². The van der Waals surface area contributed by atoms with Crippen LogP contribution in [-0.2, 0) is 4.74 Å². The van der Waals surface area contributed by atoms with Gasteiger partial charge >= 0.3 is 0 Å². The molecule has 0 spiro atoms. The lowest BCUT2D eigenvalue weighted by Gasteiger charge is -2.52. The quantitative estimate of drug-likeness (QED) is 0.772. The van der Waals surface area contributed by atoms with Crippen LogP contribution in [0.25, 0.3) is 0 Å². The van der Waals surface area contributed by atoms with E-state index in [0.717, 1.165) is 19.1 Å². The number of hydrogen-bond acceptors (Lipinski definition) is 4. The van der Waals surface area contributed by atoms with Crippen molar-refractivity contribution in [3.63, 3.8) is 0 Å². The second kappa shape index (κ2) is 6.30. The highest BCUT2D eigenvalue weighted by molar-refractivity contribution is 4.94. The van der Waals surface area contributed by atoms with Crippen LogP contribution in [0.1, 0.15) is 26.7 Å². The van der Waals surface area contributed by atoms with E-state index in [1.165, 1.54) is 45.6 Å². The van der Waals surface area contributed by atoms with E-state index in [2.05, 4.69) is 35.6 Å². The van der Waals surface area contributed by atoms with Gasteiger partial charge in [-0.3, -0.25) is 9.80 Å². The van der Waals surface area contributed by atoms with Crippen LogP contribution in [-0.4, -0.2) is 85.8 Å². The molecule has 3 aliphatic rings. The third kappa shape index (κ3) is 3.19. The monoisotopic (exact) mass is 281 g/mol. The minimum Gasteiger partial charge on any atom is -0.378 e. The molecule has 4 heteroatoms. The van der Waals surface area contributed by atoms with Gasteiger partial charge in [-0.25, -0.2) is 0 Å². The smallest absolute Gasteiger partial charge is 0.0635 e. The summed E-state index contributed by atoms with van der Waals surface area (Å²) in [5, 5.41) is 0. The van der Waals surface area contributed by atoms with Crippen molar-refractivity contribution in [2.75, 3.05) is 53.0 Å². The molecule has 20 heavy (non-hydrogen) atoms. The van der Waals surface area contributed by atoms with Crippen LogP contribution in [0.15, 0.2) is 0 Å².